The van der Waals surface area contributed by atoms with Crippen LogP contribution in [0.3, 0.4) is 0 Å². The first kappa shape index (κ1) is 13.9. The van der Waals surface area contributed by atoms with Crippen molar-refractivity contribution < 1.29 is 4.79 Å². The van der Waals surface area contributed by atoms with Crippen LogP contribution in [0.1, 0.15) is 43.5 Å². The maximum Gasteiger partial charge on any atom is 0.253 e. The summed E-state index contributed by atoms with van der Waals surface area (Å²) in [5.41, 5.74) is 2.19. The van der Waals surface area contributed by atoms with Crippen LogP contribution in [-0.2, 0) is 0 Å². The lowest BCUT2D eigenvalue weighted by Crippen LogP contribution is -2.44. The topological polar surface area (TPSA) is 20.3 Å². The monoisotopic (exact) mass is 257 g/mol. The lowest BCUT2D eigenvalue weighted by Gasteiger charge is -2.41. The smallest absolute Gasteiger partial charge is 0.253 e. The summed E-state index contributed by atoms with van der Waals surface area (Å²) in [7, 11) is 0. The Hall–Kier alpha value is -1.57. The SMILES string of the molecule is C=C(C)C[C@]1(C)CCCN(C(=O)c2ccccc2)C1. The maximum atomic E-state index is 12.5. The predicted octanol–water partition coefficient (Wildman–Crippen LogP) is 3.90. The highest BCUT2D eigenvalue weighted by atomic mass is 16.2. The van der Waals surface area contributed by atoms with Crippen molar-refractivity contribution in [2.24, 2.45) is 5.41 Å². The molecule has 0 unspecified atom stereocenters. The van der Waals surface area contributed by atoms with Crippen molar-refractivity contribution in [1.29, 1.82) is 0 Å². The van der Waals surface area contributed by atoms with Crippen LogP contribution in [0.4, 0.5) is 0 Å². The number of likely N-dealkylation sites (tertiary alicyclic amines) is 1. The van der Waals surface area contributed by atoms with Crippen LogP contribution in [-0.4, -0.2) is 23.9 Å². The van der Waals surface area contributed by atoms with Gasteiger partial charge in [0.1, 0.15) is 0 Å². The molecule has 0 N–H and O–H groups in total. The molecule has 1 amide bonds. The molecule has 102 valence electrons. The molecule has 1 aliphatic heterocycles. The zero-order chi connectivity index (χ0) is 13.9. The fourth-order valence-corrected chi connectivity index (χ4v) is 3.13. The highest BCUT2D eigenvalue weighted by molar-refractivity contribution is 5.94. The van der Waals surface area contributed by atoms with Crippen molar-refractivity contribution in [3.63, 3.8) is 0 Å². The molecule has 0 aromatic heterocycles. The van der Waals surface area contributed by atoms with E-state index in [4.69, 9.17) is 0 Å². The first-order chi connectivity index (χ1) is 9.00. The summed E-state index contributed by atoms with van der Waals surface area (Å²) in [6.07, 6.45) is 3.27. The molecule has 2 nitrogen and oxygen atoms in total. The van der Waals surface area contributed by atoms with E-state index in [-0.39, 0.29) is 11.3 Å². The summed E-state index contributed by atoms with van der Waals surface area (Å²) in [4.78, 5) is 14.5. The second-order valence-electron chi connectivity index (χ2n) is 6.14. The first-order valence-electron chi connectivity index (χ1n) is 6.99. The maximum absolute atomic E-state index is 12.5. The minimum atomic E-state index is 0.160. The largest absolute Gasteiger partial charge is 0.338 e. The number of carbonyl (C=O) groups is 1. The van der Waals surface area contributed by atoms with E-state index in [1.54, 1.807) is 0 Å². The van der Waals surface area contributed by atoms with Crippen LogP contribution in [0, 0.1) is 5.41 Å². The zero-order valence-electron chi connectivity index (χ0n) is 12.0. The van der Waals surface area contributed by atoms with Gasteiger partial charge in [0.25, 0.3) is 5.91 Å². The van der Waals surface area contributed by atoms with E-state index < -0.39 is 0 Å². The normalized spacial score (nSPS) is 23.2. The van der Waals surface area contributed by atoms with Gasteiger partial charge in [-0.3, -0.25) is 4.79 Å². The summed E-state index contributed by atoms with van der Waals surface area (Å²) >= 11 is 0. The minimum absolute atomic E-state index is 0.160. The summed E-state index contributed by atoms with van der Waals surface area (Å²) in [6.45, 7) is 10.1. The zero-order valence-corrected chi connectivity index (χ0v) is 12.0. The van der Waals surface area contributed by atoms with Crippen molar-refractivity contribution in [1.82, 2.24) is 4.90 Å². The van der Waals surface area contributed by atoms with E-state index in [0.717, 1.165) is 31.5 Å². The molecule has 1 saturated heterocycles. The molecule has 0 radical (unpaired) electrons. The van der Waals surface area contributed by atoms with Gasteiger partial charge >= 0.3 is 0 Å². The molecule has 1 aromatic carbocycles. The van der Waals surface area contributed by atoms with Crippen LogP contribution in [0.2, 0.25) is 0 Å². The van der Waals surface area contributed by atoms with Gasteiger partial charge in [-0.05, 0) is 43.7 Å². The average Bonchev–Trinajstić information content (AvgIpc) is 2.37. The van der Waals surface area contributed by atoms with Crippen molar-refractivity contribution in [2.75, 3.05) is 13.1 Å². The van der Waals surface area contributed by atoms with Crippen LogP contribution < -0.4 is 0 Å². The molecule has 19 heavy (non-hydrogen) atoms. The van der Waals surface area contributed by atoms with E-state index in [9.17, 15) is 4.79 Å². The Morgan fingerprint density at radius 1 is 1.37 bits per heavy atom. The lowest BCUT2D eigenvalue weighted by atomic mass is 9.77. The van der Waals surface area contributed by atoms with Crippen LogP contribution in [0.25, 0.3) is 0 Å². The molecule has 1 aromatic rings. The van der Waals surface area contributed by atoms with E-state index in [1.807, 2.05) is 35.2 Å². The van der Waals surface area contributed by atoms with Gasteiger partial charge in [-0.2, -0.15) is 0 Å². The van der Waals surface area contributed by atoms with E-state index in [0.29, 0.717) is 0 Å². The quantitative estimate of drug-likeness (QED) is 0.752. The Labute approximate surface area is 116 Å². The summed E-state index contributed by atoms with van der Waals surface area (Å²) in [6, 6.07) is 9.58. The molecular weight excluding hydrogens is 234 g/mol. The Bertz CT molecular complexity index is 465. The molecule has 0 saturated carbocycles. The molecule has 2 rings (SSSR count). The standard InChI is InChI=1S/C17H23NO/c1-14(2)12-17(3)10-7-11-18(13-17)16(19)15-8-5-4-6-9-15/h4-6,8-9H,1,7,10-13H2,2-3H3/t17-/m0/s1. The van der Waals surface area contributed by atoms with Crippen LogP contribution in [0.5, 0.6) is 0 Å². The Morgan fingerprint density at radius 3 is 2.68 bits per heavy atom. The highest BCUT2D eigenvalue weighted by Gasteiger charge is 2.33. The van der Waals surface area contributed by atoms with Crippen molar-refractivity contribution in [3.05, 3.63) is 48.0 Å². The van der Waals surface area contributed by atoms with Gasteiger partial charge in [-0.1, -0.05) is 30.7 Å². The summed E-state index contributed by atoms with van der Waals surface area (Å²) in [5.74, 6) is 0.160. The predicted molar refractivity (Wildman–Crippen MR) is 79.1 cm³/mol. The fraction of sp³-hybridized carbons (Fsp3) is 0.471. The third kappa shape index (κ3) is 3.46. The lowest BCUT2D eigenvalue weighted by molar-refractivity contribution is 0.0551. The third-order valence-electron chi connectivity index (χ3n) is 3.82. The van der Waals surface area contributed by atoms with Gasteiger partial charge in [0.15, 0.2) is 0 Å². The average molecular weight is 257 g/mol. The Balaban J connectivity index is 2.09. The van der Waals surface area contributed by atoms with Gasteiger partial charge in [-0.25, -0.2) is 0 Å². The van der Waals surface area contributed by atoms with Crippen LogP contribution >= 0.6 is 0 Å². The van der Waals surface area contributed by atoms with Gasteiger partial charge in [0, 0.05) is 18.7 Å². The fourth-order valence-electron chi connectivity index (χ4n) is 3.13. The van der Waals surface area contributed by atoms with Gasteiger partial charge in [0.2, 0.25) is 0 Å². The van der Waals surface area contributed by atoms with Gasteiger partial charge in [0.05, 0.1) is 0 Å². The molecule has 1 heterocycles. The molecule has 1 fully saturated rings. The third-order valence-corrected chi connectivity index (χ3v) is 3.82. The number of allylic oxidation sites excluding steroid dienone is 1. The van der Waals surface area contributed by atoms with Gasteiger partial charge < -0.3 is 4.90 Å². The van der Waals surface area contributed by atoms with Gasteiger partial charge in [-0.15, -0.1) is 6.58 Å². The molecule has 2 heteroatoms. The minimum Gasteiger partial charge on any atom is -0.338 e. The number of amides is 1. The van der Waals surface area contributed by atoms with E-state index in [1.165, 1.54) is 12.0 Å². The number of hydrogen-bond acceptors (Lipinski definition) is 1. The summed E-state index contributed by atoms with van der Waals surface area (Å²) in [5, 5.41) is 0. The van der Waals surface area contributed by atoms with E-state index >= 15 is 0 Å². The number of rotatable bonds is 3. The highest BCUT2D eigenvalue weighted by Crippen LogP contribution is 2.35. The number of carbonyl (C=O) groups excluding carboxylic acids is 1. The Kier molecular flexibility index (Phi) is 4.08. The number of hydrogen-bond donors (Lipinski definition) is 0. The molecule has 1 aliphatic rings. The molecule has 1 atom stereocenters. The van der Waals surface area contributed by atoms with Crippen LogP contribution in [0.15, 0.2) is 42.5 Å². The molecule has 0 aliphatic carbocycles. The Morgan fingerprint density at radius 2 is 2.05 bits per heavy atom. The molecule has 0 bridgehead atoms. The molecule has 0 spiro atoms. The second-order valence-corrected chi connectivity index (χ2v) is 6.14. The van der Waals surface area contributed by atoms with Crippen molar-refractivity contribution >= 4 is 5.91 Å². The molecular formula is C17H23NO. The van der Waals surface area contributed by atoms with Crippen molar-refractivity contribution in [2.45, 2.75) is 33.1 Å². The number of piperidine rings is 1. The first-order valence-corrected chi connectivity index (χ1v) is 6.99. The number of nitrogens with zero attached hydrogens (tertiary/aromatic N) is 1. The second kappa shape index (κ2) is 5.60. The summed E-state index contributed by atoms with van der Waals surface area (Å²) < 4.78 is 0. The van der Waals surface area contributed by atoms with Crippen molar-refractivity contribution in [3.8, 4) is 0 Å². The van der Waals surface area contributed by atoms with E-state index in [2.05, 4.69) is 20.4 Å². The number of benzene rings is 1.